The number of hydrogen-bond acceptors (Lipinski definition) is 3. The van der Waals surface area contributed by atoms with Crippen LogP contribution in [0.1, 0.15) is 162 Å². The molecule has 0 aromatic heterocycles. The molecule has 0 aromatic carbocycles. The summed E-state index contributed by atoms with van der Waals surface area (Å²) >= 11 is 0. The molecular weight excluding hydrogens is 697 g/mol. The zero-order valence-electron chi connectivity index (χ0n) is 39.0. The largest absolute Gasteiger partial charge is 0.412 e. The van der Waals surface area contributed by atoms with E-state index in [2.05, 4.69) is 142 Å². The Morgan fingerprint density at radius 2 is 1.26 bits per heavy atom. The van der Waals surface area contributed by atoms with Crippen LogP contribution < -0.4 is 0 Å². The van der Waals surface area contributed by atoms with Gasteiger partial charge in [0.15, 0.2) is 25.0 Å². The second-order valence-corrected chi connectivity index (χ2v) is 37.0. The van der Waals surface area contributed by atoms with Gasteiger partial charge in [0.2, 0.25) is 0 Å². The van der Waals surface area contributed by atoms with E-state index in [0.29, 0.717) is 17.3 Å². The van der Waals surface area contributed by atoms with Crippen LogP contribution in [0.5, 0.6) is 0 Å². The highest BCUT2D eigenvalue weighted by molar-refractivity contribution is 6.74. The standard InChI is InChI=1S/C47H90O3Si3/c1-21-53(22-2,23-3)50-46(14,15)32-31-45(12,13)36(5)39-28-29-40-38(25-24-30-47(39,40)16)27-26-37-33-41(48-51(17,18)43(6,7)8)35(4)42(34-37)49-52(19,20)44(9,10)11/h26-27,36,39-42H,4,21-25,28-34H2,1-3,5-20H3/b38-27+/t36-,39-,40+,41-,42-,47-/m1/s1. The highest BCUT2D eigenvalue weighted by atomic mass is 28.4. The first kappa shape index (κ1) is 47.1. The third kappa shape index (κ3) is 10.8. The van der Waals surface area contributed by atoms with Crippen molar-refractivity contribution in [2.24, 2.45) is 28.6 Å². The average Bonchev–Trinajstić information content (AvgIpc) is 3.39. The number of rotatable bonds is 15. The minimum atomic E-state index is -1.99. The van der Waals surface area contributed by atoms with E-state index in [0.717, 1.165) is 25.2 Å². The molecule has 0 saturated heterocycles. The van der Waals surface area contributed by atoms with Gasteiger partial charge >= 0.3 is 0 Å². The van der Waals surface area contributed by atoms with Crippen LogP contribution in [0, 0.1) is 28.6 Å². The Labute approximate surface area is 334 Å². The van der Waals surface area contributed by atoms with Crippen LogP contribution >= 0.6 is 0 Å². The number of fused-ring (bicyclic) bond motifs is 1. The smallest absolute Gasteiger partial charge is 0.192 e. The predicted molar refractivity (Wildman–Crippen MR) is 241 cm³/mol. The van der Waals surface area contributed by atoms with Crippen molar-refractivity contribution in [1.82, 2.24) is 0 Å². The summed E-state index contributed by atoms with van der Waals surface area (Å²) in [6.45, 7) is 50.6. The van der Waals surface area contributed by atoms with E-state index in [9.17, 15) is 0 Å². The monoisotopic (exact) mass is 787 g/mol. The second-order valence-electron chi connectivity index (χ2n) is 22.8. The van der Waals surface area contributed by atoms with Crippen LogP contribution in [0.4, 0.5) is 0 Å². The summed E-state index contributed by atoms with van der Waals surface area (Å²) in [6, 6.07) is 3.68. The van der Waals surface area contributed by atoms with Gasteiger partial charge in [0.05, 0.1) is 17.8 Å². The van der Waals surface area contributed by atoms with Crippen molar-refractivity contribution >= 4 is 25.0 Å². The maximum atomic E-state index is 7.15. The summed E-state index contributed by atoms with van der Waals surface area (Å²) in [7, 11) is -5.62. The van der Waals surface area contributed by atoms with Gasteiger partial charge in [-0.3, -0.25) is 0 Å². The van der Waals surface area contributed by atoms with Crippen LogP contribution in [-0.2, 0) is 13.3 Å². The van der Waals surface area contributed by atoms with E-state index in [4.69, 9.17) is 19.9 Å². The fourth-order valence-corrected chi connectivity index (χ4v) is 15.6. The number of hydrogen-bond donors (Lipinski definition) is 0. The van der Waals surface area contributed by atoms with Gasteiger partial charge in [-0.1, -0.05) is 120 Å². The number of allylic oxidation sites excluding steroid dienone is 3. The Kier molecular flexibility index (Phi) is 15.0. The molecule has 0 amide bonds. The first-order valence-electron chi connectivity index (χ1n) is 22.1. The van der Waals surface area contributed by atoms with Crippen molar-refractivity contribution in [3.63, 3.8) is 0 Å². The summed E-state index contributed by atoms with van der Waals surface area (Å²) in [5.41, 5.74) is 4.98. The average molecular weight is 787 g/mol. The molecule has 53 heavy (non-hydrogen) atoms. The first-order valence-corrected chi connectivity index (χ1v) is 30.5. The zero-order valence-corrected chi connectivity index (χ0v) is 42.0. The maximum absolute atomic E-state index is 7.15. The third-order valence-electron chi connectivity index (χ3n) is 16.4. The summed E-state index contributed by atoms with van der Waals surface area (Å²) in [6.07, 6.45) is 16.1. The molecule has 3 aliphatic rings. The van der Waals surface area contributed by atoms with E-state index in [1.165, 1.54) is 67.8 Å². The topological polar surface area (TPSA) is 27.7 Å². The normalized spacial score (nSPS) is 28.4. The molecule has 0 spiro atoms. The lowest BCUT2D eigenvalue weighted by molar-refractivity contribution is 0.0173. The van der Waals surface area contributed by atoms with Gasteiger partial charge in [-0.25, -0.2) is 0 Å². The molecule has 308 valence electrons. The van der Waals surface area contributed by atoms with Crippen LogP contribution in [0.15, 0.2) is 35.5 Å². The van der Waals surface area contributed by atoms with Gasteiger partial charge in [-0.2, -0.15) is 0 Å². The Balaban J connectivity index is 1.85. The molecule has 3 fully saturated rings. The van der Waals surface area contributed by atoms with Crippen molar-refractivity contribution in [1.29, 1.82) is 0 Å². The van der Waals surface area contributed by atoms with Gasteiger partial charge in [0, 0.05) is 0 Å². The van der Waals surface area contributed by atoms with E-state index in [1.807, 2.05) is 0 Å². The lowest BCUT2D eigenvalue weighted by Gasteiger charge is -2.48. The minimum Gasteiger partial charge on any atom is -0.412 e. The molecule has 3 saturated carbocycles. The quantitative estimate of drug-likeness (QED) is 0.122. The lowest BCUT2D eigenvalue weighted by Crippen LogP contribution is -2.49. The summed E-state index contributed by atoms with van der Waals surface area (Å²) < 4.78 is 21.4. The molecular formula is C47H90O3Si3. The van der Waals surface area contributed by atoms with Gasteiger partial charge < -0.3 is 13.3 Å². The molecule has 0 heterocycles. The van der Waals surface area contributed by atoms with Crippen LogP contribution in [0.25, 0.3) is 0 Å². The molecule has 0 N–H and O–H groups in total. The Morgan fingerprint density at radius 3 is 1.72 bits per heavy atom. The third-order valence-corrected chi connectivity index (χ3v) is 30.2. The fraction of sp³-hybridized carbons (Fsp3) is 0.872. The SMILES string of the molecule is C=C1[C@H](O[Si](C)(C)C(C)(C)C)CC(=C/C=C2\CCC[C@]3(C)[C@@H]([C@@H](C)C(C)(C)CCC(C)(C)O[Si](CC)(CC)CC)CC[C@@H]23)C[C@H]1O[Si](C)(C)C(C)(C)C. The molecule has 0 unspecified atom stereocenters. The first-order chi connectivity index (χ1) is 24.0. The van der Waals surface area contributed by atoms with E-state index in [-0.39, 0.29) is 33.3 Å². The highest BCUT2D eigenvalue weighted by Crippen LogP contribution is 2.62. The molecule has 0 aliphatic heterocycles. The molecule has 3 rings (SSSR count). The summed E-state index contributed by atoms with van der Waals surface area (Å²) in [4.78, 5) is 0. The van der Waals surface area contributed by atoms with Gasteiger partial charge in [-0.05, 0) is 160 Å². The Bertz CT molecular complexity index is 1250. The van der Waals surface area contributed by atoms with Crippen LogP contribution in [-0.4, -0.2) is 42.8 Å². The van der Waals surface area contributed by atoms with E-state index < -0.39 is 25.0 Å². The highest BCUT2D eigenvalue weighted by Gasteiger charge is 2.53. The van der Waals surface area contributed by atoms with Crippen molar-refractivity contribution in [2.45, 2.75) is 234 Å². The fourth-order valence-electron chi connectivity index (χ4n) is 9.79. The van der Waals surface area contributed by atoms with Gasteiger partial charge in [0.25, 0.3) is 0 Å². The van der Waals surface area contributed by atoms with Crippen LogP contribution in [0.3, 0.4) is 0 Å². The molecule has 0 radical (unpaired) electrons. The van der Waals surface area contributed by atoms with E-state index >= 15 is 0 Å². The van der Waals surface area contributed by atoms with Gasteiger partial charge in [-0.15, -0.1) is 0 Å². The molecule has 6 atom stereocenters. The van der Waals surface area contributed by atoms with Crippen molar-refractivity contribution in [3.05, 3.63) is 35.5 Å². The van der Waals surface area contributed by atoms with Crippen molar-refractivity contribution in [3.8, 4) is 0 Å². The van der Waals surface area contributed by atoms with E-state index in [1.54, 1.807) is 5.57 Å². The molecule has 3 nitrogen and oxygen atoms in total. The Hall–Kier alpha value is -0.249. The summed E-state index contributed by atoms with van der Waals surface area (Å²) in [5.74, 6) is 2.14. The maximum Gasteiger partial charge on any atom is 0.192 e. The predicted octanol–water partition coefficient (Wildman–Crippen LogP) is 15.4. The molecule has 3 aliphatic carbocycles. The van der Waals surface area contributed by atoms with Crippen LogP contribution in [0.2, 0.25) is 54.4 Å². The van der Waals surface area contributed by atoms with Crippen molar-refractivity contribution < 1.29 is 13.3 Å². The van der Waals surface area contributed by atoms with Crippen molar-refractivity contribution in [2.75, 3.05) is 0 Å². The minimum absolute atomic E-state index is 0.0275. The molecule has 0 bridgehead atoms. The molecule has 6 heteroatoms. The summed E-state index contributed by atoms with van der Waals surface area (Å²) in [5, 5.41) is 0.306. The zero-order chi connectivity index (χ0) is 40.6. The second kappa shape index (κ2) is 16.9. The molecule has 0 aromatic rings. The van der Waals surface area contributed by atoms with Gasteiger partial charge in [0.1, 0.15) is 0 Å². The lowest BCUT2D eigenvalue weighted by atomic mass is 9.57. The Morgan fingerprint density at radius 1 is 0.774 bits per heavy atom.